The molecule has 0 saturated carbocycles. The van der Waals surface area contributed by atoms with Crippen LogP contribution in [0.3, 0.4) is 0 Å². The summed E-state index contributed by atoms with van der Waals surface area (Å²) in [6.07, 6.45) is 3.46. The summed E-state index contributed by atoms with van der Waals surface area (Å²) < 4.78 is 5.20. The van der Waals surface area contributed by atoms with Crippen LogP contribution in [0, 0.1) is 5.92 Å². The molecule has 20 heavy (non-hydrogen) atoms. The lowest BCUT2D eigenvalue weighted by molar-refractivity contribution is 0.271. The van der Waals surface area contributed by atoms with Gasteiger partial charge in [-0.25, -0.2) is 0 Å². The van der Waals surface area contributed by atoms with Crippen LogP contribution in [0.4, 0.5) is 0 Å². The Hall–Kier alpha value is -1.22. The minimum absolute atomic E-state index is 0.000208. The van der Waals surface area contributed by atoms with Crippen molar-refractivity contribution in [1.82, 2.24) is 0 Å². The number of rotatable bonds is 7. The van der Waals surface area contributed by atoms with Gasteiger partial charge >= 0.3 is 0 Å². The van der Waals surface area contributed by atoms with Crippen LogP contribution in [0.2, 0.25) is 0 Å². The monoisotopic (exact) mass is 280 g/mol. The number of aliphatic hydroxyl groups is 1. The van der Waals surface area contributed by atoms with Crippen molar-refractivity contribution in [3.63, 3.8) is 0 Å². The lowest BCUT2D eigenvalue weighted by Crippen LogP contribution is -2.18. The molecule has 0 atom stereocenters. The van der Waals surface area contributed by atoms with E-state index < -0.39 is 0 Å². The Morgan fingerprint density at radius 3 is 2.40 bits per heavy atom. The molecule has 0 aliphatic heterocycles. The average molecular weight is 280 g/mol. The highest BCUT2D eigenvalue weighted by Crippen LogP contribution is 2.38. The lowest BCUT2D eigenvalue weighted by Gasteiger charge is -2.27. The summed E-state index contributed by atoms with van der Waals surface area (Å²) in [5.74, 6) is 1.19. The van der Waals surface area contributed by atoms with E-state index in [9.17, 15) is 10.2 Å². The van der Waals surface area contributed by atoms with Crippen molar-refractivity contribution >= 4 is 0 Å². The molecule has 0 aliphatic carbocycles. The first kappa shape index (κ1) is 16.8. The quantitative estimate of drug-likeness (QED) is 0.793. The molecule has 1 rings (SSSR count). The second-order valence-corrected chi connectivity index (χ2v) is 6.51. The van der Waals surface area contributed by atoms with Gasteiger partial charge in [-0.3, -0.25) is 0 Å². The second kappa shape index (κ2) is 6.98. The predicted molar refractivity (Wildman–Crippen MR) is 82.3 cm³/mol. The average Bonchev–Trinajstić information content (AvgIpc) is 2.38. The fourth-order valence-corrected chi connectivity index (χ4v) is 2.43. The highest BCUT2D eigenvalue weighted by molar-refractivity contribution is 5.49. The zero-order chi connectivity index (χ0) is 15.3. The normalized spacial score (nSPS) is 11.9. The number of aliphatic hydroxyl groups excluding tert-OH is 1. The van der Waals surface area contributed by atoms with Gasteiger partial charge in [-0.1, -0.05) is 40.5 Å². The number of phenols is 1. The van der Waals surface area contributed by atoms with Crippen molar-refractivity contribution in [2.45, 2.75) is 59.0 Å². The predicted octanol–water partition coefficient (Wildman–Crippen LogP) is 4.00. The van der Waals surface area contributed by atoms with Crippen molar-refractivity contribution in [3.8, 4) is 11.5 Å². The summed E-state index contributed by atoms with van der Waals surface area (Å²) in [6, 6.07) is 3.76. The number of hydrogen-bond donors (Lipinski definition) is 2. The van der Waals surface area contributed by atoms with Gasteiger partial charge in [-0.15, -0.1) is 0 Å². The van der Waals surface area contributed by atoms with Gasteiger partial charge in [0.15, 0.2) is 11.5 Å². The smallest absolute Gasteiger partial charge is 0.163 e. The number of methoxy groups -OCH3 is 1. The summed E-state index contributed by atoms with van der Waals surface area (Å²) in [7, 11) is 1.53. The molecule has 0 aliphatic rings. The molecule has 1 aromatic rings. The molecule has 1 aromatic carbocycles. The fraction of sp³-hybridized carbons (Fsp3) is 0.647. The molecular formula is C17H28O3. The second-order valence-electron chi connectivity index (χ2n) is 6.51. The van der Waals surface area contributed by atoms with E-state index in [-0.39, 0.29) is 17.8 Å². The zero-order valence-electron chi connectivity index (χ0n) is 13.4. The number of ether oxygens (including phenoxy) is 1. The third-order valence-electron chi connectivity index (χ3n) is 3.91. The number of hydrogen-bond acceptors (Lipinski definition) is 3. The van der Waals surface area contributed by atoms with Gasteiger partial charge in [0.1, 0.15) is 0 Å². The van der Waals surface area contributed by atoms with E-state index in [4.69, 9.17) is 4.74 Å². The SMILES string of the molecule is COc1cc(C(C)(C)CCCC(C)C)cc(CO)c1O. The van der Waals surface area contributed by atoms with E-state index in [1.54, 1.807) is 0 Å². The van der Waals surface area contributed by atoms with Gasteiger partial charge < -0.3 is 14.9 Å². The lowest BCUT2D eigenvalue weighted by atomic mass is 9.79. The molecule has 0 fully saturated rings. The molecule has 0 radical (unpaired) electrons. The van der Waals surface area contributed by atoms with E-state index >= 15 is 0 Å². The zero-order valence-corrected chi connectivity index (χ0v) is 13.4. The first-order chi connectivity index (χ1) is 9.31. The summed E-state index contributed by atoms with van der Waals surface area (Å²) in [4.78, 5) is 0. The van der Waals surface area contributed by atoms with E-state index in [1.807, 2.05) is 12.1 Å². The standard InChI is InChI=1S/C17H28O3/c1-12(2)7-6-8-17(3,4)14-9-13(11-18)16(19)15(10-14)20-5/h9-10,12,18-19H,6-8,11H2,1-5H3. The van der Waals surface area contributed by atoms with E-state index in [0.29, 0.717) is 17.2 Å². The van der Waals surface area contributed by atoms with Gasteiger partial charge in [0, 0.05) is 5.56 Å². The van der Waals surface area contributed by atoms with Crippen LogP contribution in [0.25, 0.3) is 0 Å². The number of aromatic hydroxyl groups is 1. The summed E-state index contributed by atoms with van der Waals surface area (Å²) in [5.41, 5.74) is 1.62. The van der Waals surface area contributed by atoms with Crippen LogP contribution in [-0.2, 0) is 12.0 Å². The maximum Gasteiger partial charge on any atom is 0.163 e. The van der Waals surface area contributed by atoms with E-state index in [2.05, 4.69) is 27.7 Å². The molecule has 2 N–H and O–H groups in total. The van der Waals surface area contributed by atoms with E-state index in [0.717, 1.165) is 12.0 Å². The Balaban J connectivity index is 2.98. The highest BCUT2D eigenvalue weighted by atomic mass is 16.5. The molecule has 0 heterocycles. The largest absolute Gasteiger partial charge is 0.504 e. The summed E-state index contributed by atoms with van der Waals surface area (Å²) in [5, 5.41) is 19.3. The van der Waals surface area contributed by atoms with Gasteiger partial charge in [-0.05, 0) is 35.4 Å². The molecule has 0 bridgehead atoms. The highest BCUT2D eigenvalue weighted by Gasteiger charge is 2.23. The van der Waals surface area contributed by atoms with Gasteiger partial charge in [-0.2, -0.15) is 0 Å². The minimum atomic E-state index is -0.182. The minimum Gasteiger partial charge on any atom is -0.504 e. The topological polar surface area (TPSA) is 49.7 Å². The van der Waals surface area contributed by atoms with Crippen molar-refractivity contribution in [1.29, 1.82) is 0 Å². The molecule has 3 nitrogen and oxygen atoms in total. The fourth-order valence-electron chi connectivity index (χ4n) is 2.43. The van der Waals surface area contributed by atoms with Crippen molar-refractivity contribution in [2.75, 3.05) is 7.11 Å². The van der Waals surface area contributed by atoms with Crippen LogP contribution in [0.5, 0.6) is 11.5 Å². The van der Waals surface area contributed by atoms with Crippen molar-refractivity contribution in [2.24, 2.45) is 5.92 Å². The molecule has 114 valence electrons. The molecule has 0 saturated heterocycles. The molecule has 0 spiro atoms. The molecular weight excluding hydrogens is 252 g/mol. The van der Waals surface area contributed by atoms with Crippen molar-refractivity contribution in [3.05, 3.63) is 23.3 Å². The molecule has 3 heteroatoms. The van der Waals surface area contributed by atoms with Crippen LogP contribution in [0.15, 0.2) is 12.1 Å². The van der Waals surface area contributed by atoms with Crippen LogP contribution >= 0.6 is 0 Å². The van der Waals surface area contributed by atoms with Gasteiger partial charge in [0.05, 0.1) is 13.7 Å². The summed E-state index contributed by atoms with van der Waals surface area (Å²) in [6.45, 7) is 8.68. The Morgan fingerprint density at radius 1 is 1.25 bits per heavy atom. The molecule has 0 aromatic heterocycles. The number of benzene rings is 1. The Morgan fingerprint density at radius 2 is 1.90 bits per heavy atom. The van der Waals surface area contributed by atoms with Crippen LogP contribution in [0.1, 0.15) is 58.1 Å². The van der Waals surface area contributed by atoms with Crippen molar-refractivity contribution < 1.29 is 14.9 Å². The van der Waals surface area contributed by atoms with E-state index in [1.165, 1.54) is 20.0 Å². The maximum absolute atomic E-state index is 9.94. The van der Waals surface area contributed by atoms with Gasteiger partial charge in [0.25, 0.3) is 0 Å². The van der Waals surface area contributed by atoms with Gasteiger partial charge in [0.2, 0.25) is 0 Å². The molecule has 0 amide bonds. The third-order valence-corrected chi connectivity index (χ3v) is 3.91. The van der Waals surface area contributed by atoms with Crippen LogP contribution < -0.4 is 4.74 Å². The first-order valence-corrected chi connectivity index (χ1v) is 7.33. The third kappa shape index (κ3) is 4.14. The first-order valence-electron chi connectivity index (χ1n) is 7.33. The van der Waals surface area contributed by atoms with Crippen LogP contribution in [-0.4, -0.2) is 17.3 Å². The Labute approximate surface area is 122 Å². The maximum atomic E-state index is 9.94. The Bertz CT molecular complexity index is 411. The summed E-state index contributed by atoms with van der Waals surface area (Å²) >= 11 is 0. The molecule has 0 unspecified atom stereocenters. The Kier molecular flexibility index (Phi) is 5.88.